The topological polar surface area (TPSA) is 52.3 Å². The van der Waals surface area contributed by atoms with E-state index in [4.69, 9.17) is 10.5 Å². The lowest BCUT2D eigenvalue weighted by atomic mass is 10.1. The maximum atomic E-state index is 12.5. The SMILES string of the molecule is CCOc1c(N)cccc1C(=O)c1ccc(CC)s1. The lowest BCUT2D eigenvalue weighted by Crippen LogP contribution is -2.06. The van der Waals surface area contributed by atoms with Crippen LogP contribution in [0.2, 0.25) is 0 Å². The molecule has 4 heteroatoms. The maximum absolute atomic E-state index is 12.5. The molecule has 0 saturated heterocycles. The molecule has 2 N–H and O–H groups in total. The lowest BCUT2D eigenvalue weighted by Gasteiger charge is -2.11. The molecular formula is C15H17NO2S. The largest absolute Gasteiger partial charge is 0.491 e. The highest BCUT2D eigenvalue weighted by Gasteiger charge is 2.18. The van der Waals surface area contributed by atoms with E-state index in [0.29, 0.717) is 23.6 Å². The van der Waals surface area contributed by atoms with Crippen molar-refractivity contribution < 1.29 is 9.53 Å². The summed E-state index contributed by atoms with van der Waals surface area (Å²) in [6.45, 7) is 4.44. The van der Waals surface area contributed by atoms with Crippen LogP contribution in [0.3, 0.4) is 0 Å². The minimum atomic E-state index is -0.0274. The molecule has 100 valence electrons. The molecule has 0 amide bonds. The molecule has 0 saturated carbocycles. The Morgan fingerprint density at radius 2 is 2.05 bits per heavy atom. The van der Waals surface area contributed by atoms with E-state index in [1.165, 1.54) is 16.2 Å². The summed E-state index contributed by atoms with van der Waals surface area (Å²) in [4.78, 5) is 14.4. The summed E-state index contributed by atoms with van der Waals surface area (Å²) < 4.78 is 5.50. The van der Waals surface area contributed by atoms with Crippen LogP contribution in [0.15, 0.2) is 30.3 Å². The first-order chi connectivity index (χ1) is 9.17. The van der Waals surface area contributed by atoms with Crippen molar-refractivity contribution in [3.63, 3.8) is 0 Å². The molecular weight excluding hydrogens is 258 g/mol. The Hall–Kier alpha value is -1.81. The summed E-state index contributed by atoms with van der Waals surface area (Å²) in [7, 11) is 0. The summed E-state index contributed by atoms with van der Waals surface area (Å²) >= 11 is 1.52. The molecule has 0 fully saturated rings. The van der Waals surface area contributed by atoms with E-state index in [0.717, 1.165) is 11.3 Å². The van der Waals surface area contributed by atoms with Gasteiger partial charge >= 0.3 is 0 Å². The first-order valence-electron chi connectivity index (χ1n) is 6.32. The van der Waals surface area contributed by atoms with E-state index in [1.807, 2.05) is 19.1 Å². The van der Waals surface area contributed by atoms with Gasteiger partial charge in [0.05, 0.1) is 22.7 Å². The van der Waals surface area contributed by atoms with Crippen molar-refractivity contribution in [2.24, 2.45) is 0 Å². The average Bonchev–Trinajstić information content (AvgIpc) is 2.89. The molecule has 19 heavy (non-hydrogen) atoms. The van der Waals surface area contributed by atoms with Crippen LogP contribution in [0.25, 0.3) is 0 Å². The zero-order valence-corrected chi connectivity index (χ0v) is 11.9. The van der Waals surface area contributed by atoms with Crippen molar-refractivity contribution in [2.45, 2.75) is 20.3 Å². The van der Waals surface area contributed by atoms with Gasteiger partial charge in [0.25, 0.3) is 0 Å². The molecule has 1 aromatic heterocycles. The van der Waals surface area contributed by atoms with Gasteiger partial charge in [-0.25, -0.2) is 0 Å². The van der Waals surface area contributed by atoms with E-state index in [2.05, 4.69) is 6.92 Å². The summed E-state index contributed by atoms with van der Waals surface area (Å²) in [5, 5.41) is 0. The summed E-state index contributed by atoms with van der Waals surface area (Å²) in [6.07, 6.45) is 0.938. The van der Waals surface area contributed by atoms with E-state index < -0.39 is 0 Å². The third kappa shape index (κ3) is 2.79. The monoisotopic (exact) mass is 275 g/mol. The van der Waals surface area contributed by atoms with Crippen molar-refractivity contribution in [3.05, 3.63) is 45.6 Å². The van der Waals surface area contributed by atoms with Gasteiger partial charge in [0.1, 0.15) is 0 Å². The molecule has 1 heterocycles. The molecule has 3 nitrogen and oxygen atoms in total. The van der Waals surface area contributed by atoms with Gasteiger partial charge < -0.3 is 10.5 Å². The van der Waals surface area contributed by atoms with Crippen LogP contribution in [0.1, 0.15) is 34.0 Å². The van der Waals surface area contributed by atoms with Crippen LogP contribution in [0.5, 0.6) is 5.75 Å². The Kier molecular flexibility index (Phi) is 4.22. The number of carbonyl (C=O) groups excluding carboxylic acids is 1. The number of thiophene rings is 1. The standard InChI is InChI=1S/C15H17NO2S/c1-3-10-8-9-13(19-10)14(17)11-6-5-7-12(16)15(11)18-4-2/h5-9H,3-4,16H2,1-2H3. The number of nitrogen functional groups attached to an aromatic ring is 1. The lowest BCUT2D eigenvalue weighted by molar-refractivity contribution is 0.103. The number of rotatable bonds is 5. The number of aryl methyl sites for hydroxylation is 1. The Morgan fingerprint density at radius 1 is 1.26 bits per heavy atom. The van der Waals surface area contributed by atoms with Crippen LogP contribution in [-0.2, 0) is 6.42 Å². The second kappa shape index (κ2) is 5.89. The normalized spacial score (nSPS) is 10.4. The molecule has 0 aliphatic rings. The third-order valence-electron chi connectivity index (χ3n) is 2.81. The fourth-order valence-corrected chi connectivity index (χ4v) is 2.76. The highest BCUT2D eigenvalue weighted by Crippen LogP contribution is 2.30. The smallest absolute Gasteiger partial charge is 0.206 e. The third-order valence-corrected chi connectivity index (χ3v) is 4.04. The van der Waals surface area contributed by atoms with Gasteiger partial charge in [-0.3, -0.25) is 4.79 Å². The molecule has 1 aromatic carbocycles. The highest BCUT2D eigenvalue weighted by molar-refractivity contribution is 7.14. The van der Waals surface area contributed by atoms with Crippen molar-refractivity contribution in [3.8, 4) is 5.75 Å². The van der Waals surface area contributed by atoms with Crippen molar-refractivity contribution in [2.75, 3.05) is 12.3 Å². The zero-order chi connectivity index (χ0) is 13.8. The van der Waals surface area contributed by atoms with E-state index >= 15 is 0 Å². The Labute approximate surface area is 117 Å². The Morgan fingerprint density at radius 3 is 2.68 bits per heavy atom. The molecule has 0 atom stereocenters. The minimum absolute atomic E-state index is 0.0274. The number of hydrogen-bond acceptors (Lipinski definition) is 4. The van der Waals surface area contributed by atoms with Crippen LogP contribution < -0.4 is 10.5 Å². The second-order valence-corrected chi connectivity index (χ2v) is 5.27. The van der Waals surface area contributed by atoms with Gasteiger partial charge in [0, 0.05) is 4.88 Å². The summed E-state index contributed by atoms with van der Waals surface area (Å²) in [6, 6.07) is 9.14. The Balaban J connectivity index is 2.40. The zero-order valence-electron chi connectivity index (χ0n) is 11.1. The van der Waals surface area contributed by atoms with E-state index in [9.17, 15) is 4.79 Å². The number of nitrogens with two attached hydrogens (primary N) is 1. The van der Waals surface area contributed by atoms with Gasteiger partial charge in [0.2, 0.25) is 5.78 Å². The number of anilines is 1. The van der Waals surface area contributed by atoms with Crippen LogP contribution >= 0.6 is 11.3 Å². The maximum Gasteiger partial charge on any atom is 0.206 e. The quantitative estimate of drug-likeness (QED) is 0.671. The molecule has 0 radical (unpaired) electrons. The van der Waals surface area contributed by atoms with Crippen molar-refractivity contribution in [1.82, 2.24) is 0 Å². The van der Waals surface area contributed by atoms with Crippen molar-refractivity contribution >= 4 is 22.8 Å². The molecule has 2 aromatic rings. The molecule has 0 aliphatic heterocycles. The average molecular weight is 275 g/mol. The number of para-hydroxylation sites is 1. The molecule has 0 spiro atoms. The number of ketones is 1. The van der Waals surface area contributed by atoms with Gasteiger partial charge in [0.15, 0.2) is 5.75 Å². The highest BCUT2D eigenvalue weighted by atomic mass is 32.1. The second-order valence-electron chi connectivity index (χ2n) is 4.11. The predicted octanol–water partition coefficient (Wildman–Crippen LogP) is 3.52. The van der Waals surface area contributed by atoms with Gasteiger partial charge in [-0.15, -0.1) is 11.3 Å². The van der Waals surface area contributed by atoms with Gasteiger partial charge in [-0.2, -0.15) is 0 Å². The fraction of sp³-hybridized carbons (Fsp3) is 0.267. The predicted molar refractivity (Wildman–Crippen MR) is 79.2 cm³/mol. The molecule has 0 bridgehead atoms. The summed E-state index contributed by atoms with van der Waals surface area (Å²) in [5.74, 6) is 0.460. The summed E-state index contributed by atoms with van der Waals surface area (Å²) in [5.41, 5.74) is 6.91. The molecule has 0 unspecified atom stereocenters. The van der Waals surface area contributed by atoms with Gasteiger partial charge in [-0.1, -0.05) is 13.0 Å². The first-order valence-corrected chi connectivity index (χ1v) is 7.13. The van der Waals surface area contributed by atoms with Crippen LogP contribution in [0, 0.1) is 0 Å². The van der Waals surface area contributed by atoms with Crippen molar-refractivity contribution in [1.29, 1.82) is 0 Å². The van der Waals surface area contributed by atoms with E-state index in [-0.39, 0.29) is 5.78 Å². The number of carbonyl (C=O) groups is 1. The first kappa shape index (κ1) is 13.6. The van der Waals surface area contributed by atoms with Crippen LogP contribution in [-0.4, -0.2) is 12.4 Å². The van der Waals surface area contributed by atoms with E-state index in [1.54, 1.807) is 18.2 Å². The van der Waals surface area contributed by atoms with Crippen LogP contribution in [0.4, 0.5) is 5.69 Å². The number of benzene rings is 1. The number of hydrogen-bond donors (Lipinski definition) is 1. The van der Waals surface area contributed by atoms with Gasteiger partial charge in [-0.05, 0) is 37.6 Å². The Bertz CT molecular complexity index is 590. The minimum Gasteiger partial charge on any atom is -0.491 e. The molecule has 2 rings (SSSR count). The fourth-order valence-electron chi connectivity index (χ4n) is 1.86. The molecule has 0 aliphatic carbocycles. The number of ether oxygens (including phenoxy) is 1.